The van der Waals surface area contributed by atoms with Gasteiger partial charge in [-0.05, 0) is 25.8 Å². The Morgan fingerprint density at radius 2 is 2.05 bits per heavy atom. The number of hydrogen-bond donors (Lipinski definition) is 2. The number of carbonyl (C=O) groups excluding carboxylic acids is 2. The van der Waals surface area contributed by atoms with Crippen LogP contribution in [0.1, 0.15) is 19.3 Å². The lowest BCUT2D eigenvalue weighted by molar-refractivity contribution is -0.132. The number of nitrogens with one attached hydrogen (secondary N) is 1. The lowest BCUT2D eigenvalue weighted by Gasteiger charge is -2.36. The molecule has 2 fully saturated rings. The first-order valence-corrected chi connectivity index (χ1v) is 6.80. The molecule has 0 aliphatic carbocycles. The minimum absolute atomic E-state index is 0.0794. The minimum atomic E-state index is -0.677. The molecule has 1 spiro atoms. The summed E-state index contributed by atoms with van der Waals surface area (Å²) in [6.07, 6.45) is 3.85. The van der Waals surface area contributed by atoms with Gasteiger partial charge in [0.05, 0.1) is 0 Å². The van der Waals surface area contributed by atoms with Gasteiger partial charge < -0.3 is 11.1 Å². The third kappa shape index (κ3) is 2.64. The Morgan fingerprint density at radius 3 is 2.63 bits per heavy atom. The van der Waals surface area contributed by atoms with Crippen LogP contribution in [0.2, 0.25) is 0 Å². The molecule has 19 heavy (non-hydrogen) atoms. The van der Waals surface area contributed by atoms with Crippen molar-refractivity contribution in [2.45, 2.75) is 24.8 Å². The summed E-state index contributed by atoms with van der Waals surface area (Å²) in [7, 11) is 0. The van der Waals surface area contributed by atoms with Gasteiger partial charge in [0.25, 0.3) is 5.91 Å². The second kappa shape index (κ2) is 5.71. The van der Waals surface area contributed by atoms with Gasteiger partial charge in [-0.25, -0.2) is 4.79 Å². The number of piperidine rings is 1. The second-order valence-electron chi connectivity index (χ2n) is 5.20. The van der Waals surface area contributed by atoms with Gasteiger partial charge in [0.15, 0.2) is 0 Å². The Bertz CT molecular complexity index is 375. The third-order valence-electron chi connectivity index (χ3n) is 3.93. The van der Waals surface area contributed by atoms with Crippen LogP contribution in [0.25, 0.3) is 0 Å². The molecule has 2 rings (SSSR count). The summed E-state index contributed by atoms with van der Waals surface area (Å²) >= 11 is 0. The number of hydrogen-bond acceptors (Lipinski definition) is 4. The Morgan fingerprint density at radius 1 is 1.37 bits per heavy atom. The number of carbonyl (C=O) groups is 2. The van der Waals surface area contributed by atoms with Crippen molar-refractivity contribution >= 4 is 11.9 Å². The number of rotatable bonds is 5. The van der Waals surface area contributed by atoms with Gasteiger partial charge in [0.2, 0.25) is 0 Å². The molecule has 0 atom stereocenters. The van der Waals surface area contributed by atoms with E-state index < -0.39 is 5.54 Å². The molecule has 6 heteroatoms. The van der Waals surface area contributed by atoms with Gasteiger partial charge >= 0.3 is 6.03 Å². The number of nitrogens with zero attached hydrogens (tertiary/aromatic N) is 2. The van der Waals surface area contributed by atoms with Crippen LogP contribution in [-0.2, 0) is 4.79 Å². The highest BCUT2D eigenvalue weighted by Crippen LogP contribution is 2.29. The first kappa shape index (κ1) is 14.0. The Labute approximate surface area is 113 Å². The quantitative estimate of drug-likeness (QED) is 0.538. The molecule has 2 saturated heterocycles. The van der Waals surface area contributed by atoms with Crippen molar-refractivity contribution in [2.75, 3.05) is 32.7 Å². The molecule has 106 valence electrons. The fourth-order valence-electron chi connectivity index (χ4n) is 2.77. The number of nitrogens with two attached hydrogens (primary N) is 1. The lowest BCUT2D eigenvalue weighted by atomic mass is 9.87. The molecular weight excluding hydrogens is 244 g/mol. The maximum Gasteiger partial charge on any atom is 0.325 e. The topological polar surface area (TPSA) is 78.7 Å². The summed E-state index contributed by atoms with van der Waals surface area (Å²) in [4.78, 5) is 27.9. The predicted octanol–water partition coefficient (Wildman–Crippen LogP) is -0.0924. The Hall–Kier alpha value is -1.40. The zero-order valence-electron chi connectivity index (χ0n) is 11.2. The maximum atomic E-state index is 12.4. The van der Waals surface area contributed by atoms with Crippen LogP contribution < -0.4 is 11.1 Å². The van der Waals surface area contributed by atoms with Crippen molar-refractivity contribution in [3.63, 3.8) is 0 Å². The molecule has 0 aromatic carbocycles. The van der Waals surface area contributed by atoms with E-state index in [0.29, 0.717) is 32.4 Å². The highest BCUT2D eigenvalue weighted by atomic mass is 16.2. The average Bonchev–Trinajstić information content (AvgIpc) is 2.63. The molecule has 3 amide bonds. The molecule has 0 aromatic rings. The van der Waals surface area contributed by atoms with Crippen LogP contribution in [-0.4, -0.2) is 60.0 Å². The summed E-state index contributed by atoms with van der Waals surface area (Å²) < 4.78 is 0. The van der Waals surface area contributed by atoms with E-state index in [4.69, 9.17) is 5.73 Å². The first-order valence-electron chi connectivity index (χ1n) is 6.80. The smallest absolute Gasteiger partial charge is 0.325 e. The summed E-state index contributed by atoms with van der Waals surface area (Å²) in [5.74, 6) is -0.0794. The lowest BCUT2D eigenvalue weighted by Crippen LogP contribution is -2.54. The molecule has 6 nitrogen and oxygen atoms in total. The molecule has 2 aliphatic rings. The van der Waals surface area contributed by atoms with Crippen molar-refractivity contribution in [1.29, 1.82) is 0 Å². The summed E-state index contributed by atoms with van der Waals surface area (Å²) in [6.45, 7) is 7.06. The summed E-state index contributed by atoms with van der Waals surface area (Å²) in [5.41, 5.74) is 4.76. The van der Waals surface area contributed by atoms with E-state index in [1.165, 1.54) is 4.90 Å². The number of amides is 3. The molecule has 2 heterocycles. The number of imide groups is 1. The standard InChI is InChI=1S/C13H22N4O2/c1-2-7-16-9-4-13(5-10-16)11(18)17(8-3-6-14)12(19)15-13/h2H,1,3-10,14H2,(H,15,19). The van der Waals surface area contributed by atoms with Crippen LogP contribution in [0.4, 0.5) is 4.79 Å². The van der Waals surface area contributed by atoms with E-state index in [1.807, 2.05) is 6.08 Å². The summed E-state index contributed by atoms with van der Waals surface area (Å²) in [5, 5.41) is 2.88. The summed E-state index contributed by atoms with van der Waals surface area (Å²) in [6, 6.07) is -0.268. The molecule has 3 N–H and O–H groups in total. The Kier molecular flexibility index (Phi) is 4.21. The zero-order valence-corrected chi connectivity index (χ0v) is 11.2. The van der Waals surface area contributed by atoms with E-state index in [0.717, 1.165) is 19.6 Å². The fraction of sp³-hybridized carbons (Fsp3) is 0.692. The minimum Gasteiger partial charge on any atom is -0.330 e. The molecule has 0 aromatic heterocycles. The molecule has 0 bridgehead atoms. The highest BCUT2D eigenvalue weighted by Gasteiger charge is 2.51. The monoisotopic (exact) mass is 266 g/mol. The number of urea groups is 1. The van der Waals surface area contributed by atoms with Gasteiger partial charge in [-0.15, -0.1) is 6.58 Å². The Balaban J connectivity index is 2.00. The largest absolute Gasteiger partial charge is 0.330 e. The van der Waals surface area contributed by atoms with Crippen molar-refractivity contribution in [3.05, 3.63) is 12.7 Å². The normalized spacial score (nSPS) is 22.9. The van der Waals surface area contributed by atoms with Gasteiger partial charge in [-0.3, -0.25) is 14.6 Å². The second-order valence-corrected chi connectivity index (χ2v) is 5.20. The SMILES string of the molecule is C=CCN1CCC2(CC1)NC(=O)N(CCCN)C2=O. The highest BCUT2D eigenvalue weighted by molar-refractivity contribution is 6.07. The van der Waals surface area contributed by atoms with Crippen LogP contribution in [0.15, 0.2) is 12.7 Å². The van der Waals surface area contributed by atoms with E-state index in [9.17, 15) is 9.59 Å². The van der Waals surface area contributed by atoms with Crippen LogP contribution in [0.3, 0.4) is 0 Å². The van der Waals surface area contributed by atoms with Gasteiger partial charge in [-0.1, -0.05) is 6.08 Å². The predicted molar refractivity (Wildman–Crippen MR) is 72.5 cm³/mol. The maximum absolute atomic E-state index is 12.4. The zero-order chi connectivity index (χ0) is 13.9. The number of likely N-dealkylation sites (tertiary alicyclic amines) is 1. The first-order chi connectivity index (χ1) is 9.13. The van der Waals surface area contributed by atoms with Crippen molar-refractivity contribution in [3.8, 4) is 0 Å². The van der Waals surface area contributed by atoms with E-state index in [-0.39, 0.29) is 11.9 Å². The van der Waals surface area contributed by atoms with Gasteiger partial charge in [0, 0.05) is 26.2 Å². The van der Waals surface area contributed by atoms with E-state index in [2.05, 4.69) is 16.8 Å². The van der Waals surface area contributed by atoms with Gasteiger partial charge in [-0.2, -0.15) is 0 Å². The fourth-order valence-corrected chi connectivity index (χ4v) is 2.77. The average molecular weight is 266 g/mol. The van der Waals surface area contributed by atoms with Crippen LogP contribution in [0, 0.1) is 0 Å². The third-order valence-corrected chi connectivity index (χ3v) is 3.93. The van der Waals surface area contributed by atoms with E-state index in [1.54, 1.807) is 0 Å². The molecule has 0 radical (unpaired) electrons. The molecular formula is C13H22N4O2. The van der Waals surface area contributed by atoms with Crippen molar-refractivity contribution in [2.24, 2.45) is 5.73 Å². The van der Waals surface area contributed by atoms with Gasteiger partial charge in [0.1, 0.15) is 5.54 Å². The van der Waals surface area contributed by atoms with E-state index >= 15 is 0 Å². The van der Waals surface area contributed by atoms with Crippen molar-refractivity contribution < 1.29 is 9.59 Å². The molecule has 2 aliphatic heterocycles. The molecule has 0 saturated carbocycles. The van der Waals surface area contributed by atoms with Crippen molar-refractivity contribution in [1.82, 2.24) is 15.1 Å². The van der Waals surface area contributed by atoms with Crippen LogP contribution >= 0.6 is 0 Å². The van der Waals surface area contributed by atoms with Crippen LogP contribution in [0.5, 0.6) is 0 Å². The molecule has 0 unspecified atom stereocenters.